The molecular weight excluding hydrogens is 364 g/mol. The van der Waals surface area contributed by atoms with Crippen LogP contribution in [0.4, 0.5) is 5.69 Å². The van der Waals surface area contributed by atoms with Crippen LogP contribution in [0.2, 0.25) is 0 Å². The van der Waals surface area contributed by atoms with Gasteiger partial charge in [0.05, 0.1) is 12.2 Å². The lowest BCUT2D eigenvalue weighted by molar-refractivity contribution is 0.0335. The summed E-state index contributed by atoms with van der Waals surface area (Å²) < 4.78 is 11.1. The fourth-order valence-electron chi connectivity index (χ4n) is 3.99. The van der Waals surface area contributed by atoms with E-state index in [-0.39, 0.29) is 11.9 Å². The molecule has 1 heterocycles. The molecule has 2 aromatic rings. The summed E-state index contributed by atoms with van der Waals surface area (Å²) in [7, 11) is 0. The van der Waals surface area contributed by atoms with E-state index in [9.17, 15) is 4.79 Å². The average molecular weight is 397 g/mol. The lowest BCUT2D eigenvalue weighted by Crippen LogP contribution is -2.60. The lowest BCUT2D eigenvalue weighted by atomic mass is 9.88. The van der Waals surface area contributed by atoms with Crippen molar-refractivity contribution in [2.75, 3.05) is 25.1 Å². The monoisotopic (exact) mass is 396 g/mol. The molecule has 29 heavy (non-hydrogen) atoms. The first-order chi connectivity index (χ1) is 14.1. The van der Waals surface area contributed by atoms with Gasteiger partial charge in [-0.15, -0.1) is 0 Å². The van der Waals surface area contributed by atoms with Crippen LogP contribution in [0.3, 0.4) is 0 Å². The maximum absolute atomic E-state index is 13.5. The van der Waals surface area contributed by atoms with Crippen molar-refractivity contribution in [3.63, 3.8) is 0 Å². The van der Waals surface area contributed by atoms with E-state index in [1.54, 1.807) is 0 Å². The number of ether oxygens (including phenoxy) is 2. The van der Waals surface area contributed by atoms with E-state index >= 15 is 0 Å². The first kappa shape index (κ1) is 21.2. The minimum Gasteiger partial charge on any atom is -0.491 e. The highest BCUT2D eigenvalue weighted by atomic mass is 16.5. The minimum absolute atomic E-state index is 0.0765. The van der Waals surface area contributed by atoms with Crippen molar-refractivity contribution < 1.29 is 14.3 Å². The molecule has 0 bridgehead atoms. The van der Waals surface area contributed by atoms with E-state index in [4.69, 9.17) is 9.47 Å². The second-order valence-electron chi connectivity index (χ2n) is 7.39. The SMILES string of the molecule is CCOCCOc1ccc(C2(CC)Nc3ccccc3C(=O)N2C(C)CC)cc1. The number of nitrogens with zero attached hydrogens (tertiary/aromatic N) is 1. The highest BCUT2D eigenvalue weighted by Crippen LogP contribution is 2.42. The Morgan fingerprint density at radius 3 is 2.41 bits per heavy atom. The molecule has 2 atom stereocenters. The fourth-order valence-corrected chi connectivity index (χ4v) is 3.99. The second-order valence-corrected chi connectivity index (χ2v) is 7.39. The Morgan fingerprint density at radius 1 is 1.03 bits per heavy atom. The molecule has 2 aromatic carbocycles. The number of amides is 1. The third-order valence-electron chi connectivity index (χ3n) is 5.70. The number of anilines is 1. The Balaban J connectivity index is 1.95. The fraction of sp³-hybridized carbons (Fsp3) is 0.458. The zero-order valence-electron chi connectivity index (χ0n) is 17.9. The third kappa shape index (κ3) is 4.10. The summed E-state index contributed by atoms with van der Waals surface area (Å²) in [5, 5.41) is 3.70. The maximum Gasteiger partial charge on any atom is 0.258 e. The number of hydrogen-bond acceptors (Lipinski definition) is 4. The summed E-state index contributed by atoms with van der Waals surface area (Å²) in [6.45, 7) is 10.1. The number of carbonyl (C=O) groups excluding carboxylic acids is 1. The van der Waals surface area contributed by atoms with Crippen LogP contribution in [0.15, 0.2) is 48.5 Å². The van der Waals surface area contributed by atoms with Crippen LogP contribution in [-0.4, -0.2) is 36.7 Å². The van der Waals surface area contributed by atoms with Gasteiger partial charge in [-0.05, 0) is 56.5 Å². The van der Waals surface area contributed by atoms with Gasteiger partial charge in [-0.1, -0.05) is 38.1 Å². The van der Waals surface area contributed by atoms with Gasteiger partial charge in [0.25, 0.3) is 5.91 Å². The van der Waals surface area contributed by atoms with Crippen molar-refractivity contribution in [2.24, 2.45) is 0 Å². The standard InChI is InChI=1S/C24H32N2O3/c1-5-18(4)26-23(27)21-10-8-9-11-22(21)25-24(26,6-2)19-12-14-20(15-13-19)29-17-16-28-7-3/h8-15,18,25H,5-7,16-17H2,1-4H3. The van der Waals surface area contributed by atoms with E-state index in [2.05, 4.69) is 38.2 Å². The summed E-state index contributed by atoms with van der Waals surface area (Å²) in [4.78, 5) is 15.5. The van der Waals surface area contributed by atoms with E-state index in [0.29, 0.717) is 19.8 Å². The van der Waals surface area contributed by atoms with Gasteiger partial charge in [-0.25, -0.2) is 0 Å². The van der Waals surface area contributed by atoms with E-state index in [1.165, 1.54) is 0 Å². The third-order valence-corrected chi connectivity index (χ3v) is 5.70. The second kappa shape index (κ2) is 9.31. The predicted octanol–water partition coefficient (Wildman–Crippen LogP) is 5.03. The normalized spacial score (nSPS) is 19.4. The zero-order chi connectivity index (χ0) is 20.9. The number of carbonyl (C=O) groups is 1. The van der Waals surface area contributed by atoms with Crippen molar-refractivity contribution >= 4 is 11.6 Å². The summed E-state index contributed by atoms with van der Waals surface area (Å²) in [5.74, 6) is 0.880. The molecule has 0 spiro atoms. The van der Waals surface area contributed by atoms with Gasteiger partial charge in [0.15, 0.2) is 0 Å². The van der Waals surface area contributed by atoms with E-state index in [0.717, 1.165) is 35.4 Å². The van der Waals surface area contributed by atoms with E-state index in [1.807, 2.05) is 48.2 Å². The summed E-state index contributed by atoms with van der Waals surface area (Å²) >= 11 is 0. The molecule has 1 aliphatic rings. The molecule has 0 fully saturated rings. The number of para-hydroxylation sites is 1. The quantitative estimate of drug-likeness (QED) is 0.604. The number of rotatable bonds is 9. The van der Waals surface area contributed by atoms with Crippen molar-refractivity contribution in [1.82, 2.24) is 4.90 Å². The molecular formula is C24H32N2O3. The highest BCUT2D eigenvalue weighted by Gasteiger charge is 2.46. The number of fused-ring (bicyclic) bond motifs is 1. The molecule has 1 aliphatic heterocycles. The van der Waals surface area contributed by atoms with Crippen LogP contribution in [0, 0.1) is 0 Å². The average Bonchev–Trinajstić information content (AvgIpc) is 2.76. The Kier molecular flexibility index (Phi) is 6.80. The summed E-state index contributed by atoms with van der Waals surface area (Å²) in [5.41, 5.74) is 2.08. The van der Waals surface area contributed by atoms with Crippen molar-refractivity contribution in [3.8, 4) is 5.75 Å². The van der Waals surface area contributed by atoms with Gasteiger partial charge < -0.3 is 19.7 Å². The van der Waals surface area contributed by atoms with Crippen molar-refractivity contribution in [2.45, 2.75) is 52.2 Å². The number of nitrogens with one attached hydrogen (secondary N) is 1. The van der Waals surface area contributed by atoms with Gasteiger partial charge in [-0.2, -0.15) is 0 Å². The molecule has 0 aliphatic carbocycles. The van der Waals surface area contributed by atoms with Gasteiger partial charge in [0, 0.05) is 18.3 Å². The molecule has 3 rings (SSSR count). The first-order valence-corrected chi connectivity index (χ1v) is 10.6. The molecule has 0 aromatic heterocycles. The maximum atomic E-state index is 13.5. The zero-order valence-corrected chi connectivity index (χ0v) is 17.9. The largest absolute Gasteiger partial charge is 0.491 e. The molecule has 0 saturated heterocycles. The highest BCUT2D eigenvalue weighted by molar-refractivity contribution is 6.02. The minimum atomic E-state index is -0.593. The first-order valence-electron chi connectivity index (χ1n) is 10.6. The topological polar surface area (TPSA) is 50.8 Å². The molecule has 5 heteroatoms. The number of hydrogen-bond donors (Lipinski definition) is 1. The molecule has 2 unspecified atom stereocenters. The van der Waals surface area contributed by atoms with Crippen LogP contribution < -0.4 is 10.1 Å². The molecule has 1 amide bonds. The molecule has 5 nitrogen and oxygen atoms in total. The Labute approximate surface area is 174 Å². The smallest absolute Gasteiger partial charge is 0.258 e. The Hall–Kier alpha value is -2.53. The predicted molar refractivity (Wildman–Crippen MR) is 116 cm³/mol. The van der Waals surface area contributed by atoms with Crippen LogP contribution in [0.5, 0.6) is 5.75 Å². The molecule has 156 valence electrons. The molecule has 0 saturated carbocycles. The van der Waals surface area contributed by atoms with Crippen LogP contribution in [0.1, 0.15) is 56.5 Å². The van der Waals surface area contributed by atoms with E-state index < -0.39 is 5.66 Å². The van der Waals surface area contributed by atoms with Gasteiger partial charge >= 0.3 is 0 Å². The lowest BCUT2D eigenvalue weighted by Gasteiger charge is -2.51. The molecule has 1 N–H and O–H groups in total. The summed E-state index contributed by atoms with van der Waals surface area (Å²) in [6, 6.07) is 15.9. The van der Waals surface area contributed by atoms with Gasteiger partial charge in [0.2, 0.25) is 0 Å². The Morgan fingerprint density at radius 2 is 1.76 bits per heavy atom. The molecule has 0 radical (unpaired) electrons. The van der Waals surface area contributed by atoms with Crippen LogP contribution in [-0.2, 0) is 10.4 Å². The number of benzene rings is 2. The van der Waals surface area contributed by atoms with Crippen molar-refractivity contribution in [3.05, 3.63) is 59.7 Å². The van der Waals surface area contributed by atoms with Crippen LogP contribution >= 0.6 is 0 Å². The van der Waals surface area contributed by atoms with Gasteiger partial charge in [0.1, 0.15) is 18.0 Å². The summed E-state index contributed by atoms with van der Waals surface area (Å²) in [6.07, 6.45) is 1.64. The van der Waals surface area contributed by atoms with Crippen molar-refractivity contribution in [1.29, 1.82) is 0 Å². The Bertz CT molecular complexity index is 821. The van der Waals surface area contributed by atoms with Gasteiger partial charge in [-0.3, -0.25) is 4.79 Å². The van der Waals surface area contributed by atoms with Crippen LogP contribution in [0.25, 0.3) is 0 Å².